The highest BCUT2D eigenvalue weighted by atomic mass is 79.9. The highest BCUT2D eigenvalue weighted by molar-refractivity contribution is 9.10. The molecule has 0 spiro atoms. The van der Waals surface area contributed by atoms with E-state index in [9.17, 15) is 4.39 Å². The Balaban J connectivity index is 2.07. The number of aryl methyl sites for hydroxylation is 1. The predicted octanol–water partition coefficient (Wildman–Crippen LogP) is 3.30. The van der Waals surface area contributed by atoms with E-state index in [0.29, 0.717) is 17.9 Å². The molecule has 0 amide bonds. The van der Waals surface area contributed by atoms with Gasteiger partial charge in [0, 0.05) is 16.6 Å². The van der Waals surface area contributed by atoms with Gasteiger partial charge >= 0.3 is 0 Å². The summed E-state index contributed by atoms with van der Waals surface area (Å²) in [5.41, 5.74) is 1.44. The molecule has 1 aromatic carbocycles. The van der Waals surface area contributed by atoms with E-state index < -0.39 is 0 Å². The third-order valence-electron chi connectivity index (χ3n) is 2.27. The van der Waals surface area contributed by atoms with Gasteiger partial charge in [0.25, 0.3) is 0 Å². The number of nitrogens with one attached hydrogen (secondary N) is 1. The van der Waals surface area contributed by atoms with Crippen LogP contribution in [0.25, 0.3) is 0 Å². The first kappa shape index (κ1) is 12.0. The number of halogens is 2. The molecule has 3 nitrogen and oxygen atoms in total. The molecule has 1 aromatic heterocycles. The predicted molar refractivity (Wildman–Crippen MR) is 68.2 cm³/mol. The minimum atomic E-state index is -0.235. The maximum Gasteiger partial charge on any atom is 0.148 e. The van der Waals surface area contributed by atoms with E-state index in [-0.39, 0.29) is 5.82 Å². The Labute approximate surface area is 107 Å². The van der Waals surface area contributed by atoms with Crippen LogP contribution in [0.2, 0.25) is 0 Å². The van der Waals surface area contributed by atoms with E-state index in [0.717, 1.165) is 10.2 Å². The zero-order valence-corrected chi connectivity index (χ0v) is 10.8. The van der Waals surface area contributed by atoms with Gasteiger partial charge in [-0.2, -0.15) is 5.10 Å². The molecule has 0 saturated carbocycles. The number of nitrogens with zero attached hydrogens (tertiary/aromatic N) is 2. The first-order valence-electron chi connectivity index (χ1n) is 5.13. The summed E-state index contributed by atoms with van der Waals surface area (Å²) < 4.78 is 14.3. The zero-order valence-electron chi connectivity index (χ0n) is 9.24. The fourth-order valence-corrected chi connectivity index (χ4v) is 1.77. The lowest BCUT2D eigenvalue weighted by atomic mass is 10.2. The highest BCUT2D eigenvalue weighted by Crippen LogP contribution is 2.16. The summed E-state index contributed by atoms with van der Waals surface area (Å²) in [5, 5.41) is 10.9. The molecule has 2 aromatic rings. The summed E-state index contributed by atoms with van der Waals surface area (Å²) in [7, 11) is 0. The minimum Gasteiger partial charge on any atom is -0.364 e. The molecule has 0 bridgehead atoms. The number of anilines is 1. The quantitative estimate of drug-likeness (QED) is 0.944. The number of hydrogen-bond donors (Lipinski definition) is 1. The molecule has 0 aliphatic rings. The minimum absolute atomic E-state index is 0.235. The second kappa shape index (κ2) is 5.23. The lowest BCUT2D eigenvalue weighted by Gasteiger charge is -2.06. The Morgan fingerprint density at radius 2 is 2.06 bits per heavy atom. The van der Waals surface area contributed by atoms with Gasteiger partial charge in [0.05, 0.1) is 5.69 Å². The zero-order chi connectivity index (χ0) is 12.3. The largest absolute Gasteiger partial charge is 0.364 e. The fraction of sp³-hybridized carbons (Fsp3) is 0.167. The SMILES string of the molecule is Cc1ccc(NCc2cc(Br)ccc2F)nn1. The van der Waals surface area contributed by atoms with Gasteiger partial charge in [0.15, 0.2) is 0 Å². The molecule has 0 radical (unpaired) electrons. The molecule has 0 unspecified atom stereocenters. The van der Waals surface area contributed by atoms with Gasteiger partial charge in [0.2, 0.25) is 0 Å². The summed E-state index contributed by atoms with van der Waals surface area (Å²) >= 11 is 3.31. The van der Waals surface area contributed by atoms with Crippen LogP contribution in [0.4, 0.5) is 10.2 Å². The smallest absolute Gasteiger partial charge is 0.148 e. The first-order chi connectivity index (χ1) is 8.15. The molecule has 1 heterocycles. The van der Waals surface area contributed by atoms with Crippen molar-refractivity contribution in [3.8, 4) is 0 Å². The van der Waals surface area contributed by atoms with Crippen molar-refractivity contribution in [1.82, 2.24) is 10.2 Å². The molecule has 0 fully saturated rings. The third-order valence-corrected chi connectivity index (χ3v) is 2.76. The molecule has 0 saturated heterocycles. The molecular weight excluding hydrogens is 285 g/mol. The molecule has 0 aliphatic heterocycles. The van der Waals surface area contributed by atoms with Gasteiger partial charge in [-0.1, -0.05) is 15.9 Å². The van der Waals surface area contributed by atoms with E-state index in [1.165, 1.54) is 6.07 Å². The maximum absolute atomic E-state index is 13.4. The van der Waals surface area contributed by atoms with Gasteiger partial charge in [-0.15, -0.1) is 5.10 Å². The molecule has 0 atom stereocenters. The van der Waals surface area contributed by atoms with Crippen LogP contribution in [-0.4, -0.2) is 10.2 Å². The number of benzene rings is 1. The fourth-order valence-electron chi connectivity index (χ4n) is 1.36. The highest BCUT2D eigenvalue weighted by Gasteiger charge is 2.03. The van der Waals surface area contributed by atoms with Crippen molar-refractivity contribution in [2.45, 2.75) is 13.5 Å². The Morgan fingerprint density at radius 3 is 2.76 bits per heavy atom. The first-order valence-corrected chi connectivity index (χ1v) is 5.92. The summed E-state index contributed by atoms with van der Waals surface area (Å²) in [4.78, 5) is 0. The molecule has 0 aliphatic carbocycles. The summed E-state index contributed by atoms with van der Waals surface area (Å²) in [6.07, 6.45) is 0. The Bertz CT molecular complexity index is 514. The monoisotopic (exact) mass is 295 g/mol. The average molecular weight is 296 g/mol. The van der Waals surface area contributed by atoms with Crippen LogP contribution in [-0.2, 0) is 6.54 Å². The molecular formula is C12H11BrFN3. The second-order valence-corrected chi connectivity index (χ2v) is 4.56. The summed E-state index contributed by atoms with van der Waals surface area (Å²) in [5.74, 6) is 0.399. The van der Waals surface area contributed by atoms with Crippen LogP contribution in [0.5, 0.6) is 0 Å². The Hall–Kier alpha value is -1.49. The van der Waals surface area contributed by atoms with Crippen molar-refractivity contribution < 1.29 is 4.39 Å². The van der Waals surface area contributed by atoms with Crippen molar-refractivity contribution in [3.63, 3.8) is 0 Å². The molecule has 5 heteroatoms. The summed E-state index contributed by atoms with van der Waals surface area (Å²) in [6.45, 7) is 2.24. The van der Waals surface area contributed by atoms with E-state index >= 15 is 0 Å². The van der Waals surface area contributed by atoms with Crippen molar-refractivity contribution in [2.75, 3.05) is 5.32 Å². The van der Waals surface area contributed by atoms with Crippen molar-refractivity contribution in [3.05, 3.63) is 51.9 Å². The maximum atomic E-state index is 13.4. The lowest BCUT2D eigenvalue weighted by Crippen LogP contribution is -2.04. The van der Waals surface area contributed by atoms with Crippen LogP contribution in [0.15, 0.2) is 34.8 Å². The van der Waals surface area contributed by atoms with Gasteiger partial charge < -0.3 is 5.32 Å². The van der Waals surface area contributed by atoms with Crippen molar-refractivity contribution in [1.29, 1.82) is 0 Å². The standard InChI is InChI=1S/C12H11BrFN3/c1-8-2-5-12(17-16-8)15-7-9-6-10(13)3-4-11(9)14/h2-6H,7H2,1H3,(H,15,17). The normalized spacial score (nSPS) is 10.3. The number of rotatable bonds is 3. The van der Waals surface area contributed by atoms with Crippen LogP contribution in [0.3, 0.4) is 0 Å². The topological polar surface area (TPSA) is 37.8 Å². The van der Waals surface area contributed by atoms with Crippen LogP contribution >= 0.6 is 15.9 Å². The van der Waals surface area contributed by atoms with Gasteiger partial charge in [0.1, 0.15) is 11.6 Å². The molecule has 1 N–H and O–H groups in total. The number of aromatic nitrogens is 2. The van der Waals surface area contributed by atoms with Crippen LogP contribution < -0.4 is 5.32 Å². The van der Waals surface area contributed by atoms with Crippen LogP contribution in [0, 0.1) is 12.7 Å². The van der Waals surface area contributed by atoms with E-state index in [1.54, 1.807) is 12.1 Å². The molecule has 88 valence electrons. The van der Waals surface area contributed by atoms with E-state index in [2.05, 4.69) is 31.4 Å². The van der Waals surface area contributed by atoms with Crippen molar-refractivity contribution >= 4 is 21.7 Å². The average Bonchev–Trinajstić information content (AvgIpc) is 2.32. The lowest BCUT2D eigenvalue weighted by molar-refractivity contribution is 0.612. The Kier molecular flexibility index (Phi) is 3.68. The molecule has 2 rings (SSSR count). The van der Waals surface area contributed by atoms with Crippen LogP contribution in [0.1, 0.15) is 11.3 Å². The Morgan fingerprint density at radius 1 is 1.24 bits per heavy atom. The van der Waals surface area contributed by atoms with Gasteiger partial charge in [-0.3, -0.25) is 0 Å². The van der Waals surface area contributed by atoms with E-state index in [4.69, 9.17) is 0 Å². The van der Waals surface area contributed by atoms with Gasteiger partial charge in [-0.25, -0.2) is 4.39 Å². The van der Waals surface area contributed by atoms with E-state index in [1.807, 2.05) is 19.1 Å². The second-order valence-electron chi connectivity index (χ2n) is 3.65. The van der Waals surface area contributed by atoms with Gasteiger partial charge in [-0.05, 0) is 37.3 Å². The number of hydrogen-bond acceptors (Lipinski definition) is 3. The van der Waals surface area contributed by atoms with Crippen molar-refractivity contribution in [2.24, 2.45) is 0 Å². The molecule has 17 heavy (non-hydrogen) atoms. The third kappa shape index (κ3) is 3.23. The summed E-state index contributed by atoms with van der Waals surface area (Å²) in [6, 6.07) is 8.52.